The van der Waals surface area contributed by atoms with Crippen molar-refractivity contribution in [2.45, 2.75) is 19.0 Å². The van der Waals surface area contributed by atoms with E-state index >= 15 is 0 Å². The quantitative estimate of drug-likeness (QED) is 0.789. The summed E-state index contributed by atoms with van der Waals surface area (Å²) < 4.78 is 67.7. The summed E-state index contributed by atoms with van der Waals surface area (Å²) in [4.78, 5) is 2.99. The Kier molecular flexibility index (Phi) is 4.06. The highest BCUT2D eigenvalue weighted by Gasteiger charge is 2.39. The van der Waals surface area contributed by atoms with Crippen LogP contribution in [-0.4, -0.2) is 12.1 Å². The fourth-order valence-electron chi connectivity index (χ4n) is 1.38. The number of pyridine rings is 1. The molecule has 0 amide bonds. The van der Waals surface area contributed by atoms with Gasteiger partial charge in [0.2, 0.25) is 5.88 Å². The van der Waals surface area contributed by atoms with E-state index in [-0.39, 0.29) is 0 Å². The van der Waals surface area contributed by atoms with Crippen molar-refractivity contribution in [1.82, 2.24) is 4.98 Å². The molecule has 18 heavy (non-hydrogen) atoms. The summed E-state index contributed by atoms with van der Waals surface area (Å²) in [5, 5.41) is 8.45. The first-order valence-corrected chi connectivity index (χ1v) is 4.61. The predicted molar refractivity (Wildman–Crippen MR) is 50.1 cm³/mol. The fourth-order valence-corrected chi connectivity index (χ4v) is 1.38. The van der Waals surface area contributed by atoms with E-state index < -0.39 is 41.7 Å². The molecular formula is C10H7F5N2O. The normalized spacial score (nSPS) is 11.4. The molecule has 0 bridgehead atoms. The Morgan fingerprint density at radius 2 is 2.06 bits per heavy atom. The molecule has 3 nitrogen and oxygen atoms in total. The lowest BCUT2D eigenvalue weighted by Gasteiger charge is -2.15. The fraction of sp³-hybridized carbons (Fsp3) is 0.400. The molecular weight excluding hydrogens is 259 g/mol. The lowest BCUT2D eigenvalue weighted by molar-refractivity contribution is -0.143. The van der Waals surface area contributed by atoms with Gasteiger partial charge in [0.05, 0.1) is 25.2 Å². The molecule has 0 N–H and O–H groups in total. The van der Waals surface area contributed by atoms with Crippen molar-refractivity contribution in [3.63, 3.8) is 0 Å². The summed E-state index contributed by atoms with van der Waals surface area (Å²) >= 11 is 0. The first-order valence-electron chi connectivity index (χ1n) is 4.61. The summed E-state index contributed by atoms with van der Waals surface area (Å²) in [5.41, 5.74) is -3.43. The number of alkyl halides is 5. The minimum absolute atomic E-state index is 0.438. The highest BCUT2D eigenvalue weighted by Crippen LogP contribution is 2.38. The van der Waals surface area contributed by atoms with Gasteiger partial charge < -0.3 is 4.74 Å². The van der Waals surface area contributed by atoms with E-state index in [1.165, 1.54) is 6.07 Å². The molecule has 1 rings (SSSR count). The second kappa shape index (κ2) is 5.16. The number of methoxy groups -OCH3 is 1. The van der Waals surface area contributed by atoms with Crippen molar-refractivity contribution in [2.75, 3.05) is 7.11 Å². The summed E-state index contributed by atoms with van der Waals surface area (Å²) in [5.74, 6) is -0.461. The van der Waals surface area contributed by atoms with Gasteiger partial charge in [0.1, 0.15) is 0 Å². The maximum atomic E-state index is 12.7. The molecule has 0 fully saturated rings. The molecule has 0 spiro atoms. The minimum atomic E-state index is -5.04. The molecule has 98 valence electrons. The maximum Gasteiger partial charge on any atom is 0.433 e. The van der Waals surface area contributed by atoms with Crippen LogP contribution >= 0.6 is 0 Å². The molecule has 8 heteroatoms. The third kappa shape index (κ3) is 2.85. The van der Waals surface area contributed by atoms with E-state index in [2.05, 4.69) is 9.72 Å². The number of hydrogen-bond donors (Lipinski definition) is 0. The first kappa shape index (κ1) is 14.2. The molecule has 0 radical (unpaired) electrons. The van der Waals surface area contributed by atoms with Crippen LogP contribution < -0.4 is 4.74 Å². The average Bonchev–Trinajstić information content (AvgIpc) is 2.26. The topological polar surface area (TPSA) is 45.9 Å². The van der Waals surface area contributed by atoms with Crippen molar-refractivity contribution in [3.8, 4) is 11.9 Å². The van der Waals surface area contributed by atoms with E-state index in [4.69, 9.17) is 5.26 Å². The van der Waals surface area contributed by atoms with Gasteiger partial charge in [-0.2, -0.15) is 18.4 Å². The monoisotopic (exact) mass is 266 g/mol. The zero-order valence-corrected chi connectivity index (χ0v) is 9.05. The van der Waals surface area contributed by atoms with Gasteiger partial charge in [0.25, 0.3) is 6.43 Å². The zero-order valence-electron chi connectivity index (χ0n) is 9.05. The second-order valence-electron chi connectivity index (χ2n) is 3.22. The van der Waals surface area contributed by atoms with Crippen LogP contribution in [0.1, 0.15) is 23.2 Å². The minimum Gasteiger partial charge on any atom is -0.481 e. The number of hydrogen-bond acceptors (Lipinski definition) is 3. The first-order chi connectivity index (χ1) is 8.31. The Hall–Kier alpha value is -1.91. The van der Waals surface area contributed by atoms with Crippen molar-refractivity contribution < 1.29 is 26.7 Å². The van der Waals surface area contributed by atoms with Crippen LogP contribution in [0.4, 0.5) is 22.0 Å². The van der Waals surface area contributed by atoms with Crippen LogP contribution in [0.15, 0.2) is 6.07 Å². The van der Waals surface area contributed by atoms with E-state index in [1.807, 2.05) is 0 Å². The highest BCUT2D eigenvalue weighted by molar-refractivity contribution is 5.39. The summed E-state index contributed by atoms with van der Waals surface area (Å²) in [6.07, 6.45) is -8.99. The molecule has 0 atom stereocenters. The third-order valence-corrected chi connectivity index (χ3v) is 2.09. The number of halogens is 5. The van der Waals surface area contributed by atoms with E-state index in [1.54, 1.807) is 0 Å². The second-order valence-corrected chi connectivity index (χ2v) is 3.22. The van der Waals surface area contributed by atoms with Gasteiger partial charge in [0, 0.05) is 6.07 Å². The molecule has 0 saturated carbocycles. The van der Waals surface area contributed by atoms with Gasteiger partial charge in [-0.3, -0.25) is 0 Å². The molecule has 0 aliphatic carbocycles. The van der Waals surface area contributed by atoms with Gasteiger partial charge in [-0.15, -0.1) is 0 Å². The van der Waals surface area contributed by atoms with E-state index in [0.717, 1.165) is 13.2 Å². The van der Waals surface area contributed by atoms with E-state index in [9.17, 15) is 22.0 Å². The van der Waals surface area contributed by atoms with Crippen LogP contribution in [0.3, 0.4) is 0 Å². The van der Waals surface area contributed by atoms with Crippen LogP contribution in [-0.2, 0) is 12.6 Å². The number of rotatable bonds is 3. The molecule has 0 aliphatic heterocycles. The average molecular weight is 266 g/mol. The van der Waals surface area contributed by atoms with Crippen molar-refractivity contribution in [1.29, 1.82) is 5.26 Å². The molecule has 1 heterocycles. The largest absolute Gasteiger partial charge is 0.481 e. The maximum absolute atomic E-state index is 12.7. The standard InChI is InChI=1S/C10H7F5N2O/c1-18-6-4-5(2-3-16)7(9(11)12)8(17-6)10(13,14)15/h4,9H,2H2,1H3. The number of nitrogens with zero attached hydrogens (tertiary/aromatic N) is 2. The third-order valence-electron chi connectivity index (χ3n) is 2.09. The Bertz CT molecular complexity index is 478. The molecule has 1 aromatic rings. The Balaban J connectivity index is 3.56. The predicted octanol–water partition coefficient (Wildman–Crippen LogP) is 3.11. The van der Waals surface area contributed by atoms with Crippen LogP contribution in [0.25, 0.3) is 0 Å². The molecule has 0 unspecified atom stereocenters. The summed E-state index contributed by atoms with van der Waals surface area (Å²) in [7, 11) is 1.06. The number of nitriles is 1. The van der Waals surface area contributed by atoms with Crippen LogP contribution in [0.5, 0.6) is 5.88 Å². The highest BCUT2D eigenvalue weighted by atomic mass is 19.4. The Labute approximate surface area is 98.8 Å². The lowest BCUT2D eigenvalue weighted by Crippen LogP contribution is -2.15. The zero-order chi connectivity index (χ0) is 13.9. The van der Waals surface area contributed by atoms with Gasteiger partial charge in [-0.1, -0.05) is 0 Å². The molecule has 0 aliphatic rings. The summed E-state index contributed by atoms with van der Waals surface area (Å²) in [6.45, 7) is 0. The van der Waals surface area contributed by atoms with Gasteiger partial charge in [-0.05, 0) is 5.56 Å². The van der Waals surface area contributed by atoms with Crippen LogP contribution in [0.2, 0.25) is 0 Å². The van der Waals surface area contributed by atoms with Crippen molar-refractivity contribution in [3.05, 3.63) is 22.9 Å². The number of aromatic nitrogens is 1. The van der Waals surface area contributed by atoms with Gasteiger partial charge in [0.15, 0.2) is 5.69 Å². The number of ether oxygens (including phenoxy) is 1. The smallest absolute Gasteiger partial charge is 0.433 e. The van der Waals surface area contributed by atoms with Gasteiger partial charge >= 0.3 is 6.18 Å². The van der Waals surface area contributed by atoms with Crippen molar-refractivity contribution >= 4 is 0 Å². The lowest BCUT2D eigenvalue weighted by atomic mass is 10.0. The van der Waals surface area contributed by atoms with Crippen molar-refractivity contribution in [2.24, 2.45) is 0 Å². The van der Waals surface area contributed by atoms with Crippen LogP contribution in [0, 0.1) is 11.3 Å². The molecule has 0 saturated heterocycles. The Morgan fingerprint density at radius 1 is 1.44 bits per heavy atom. The van der Waals surface area contributed by atoms with Gasteiger partial charge in [-0.25, -0.2) is 13.8 Å². The van der Waals surface area contributed by atoms with E-state index in [0.29, 0.717) is 0 Å². The molecule has 1 aromatic heterocycles. The Morgan fingerprint density at radius 3 is 2.44 bits per heavy atom. The summed E-state index contributed by atoms with van der Waals surface area (Å²) in [6, 6.07) is 2.43. The SMILES string of the molecule is COc1cc(CC#N)c(C(F)F)c(C(F)(F)F)n1. The molecule has 0 aromatic carbocycles.